The summed E-state index contributed by atoms with van der Waals surface area (Å²) in [4.78, 5) is 5.08. The number of hydrogen-bond acceptors (Lipinski definition) is 3. The Labute approximate surface area is 110 Å². The molecule has 3 heteroatoms. The molecule has 0 unspecified atom stereocenters. The van der Waals surface area contributed by atoms with E-state index >= 15 is 0 Å². The number of rotatable bonds is 3. The van der Waals surface area contributed by atoms with Crippen LogP contribution in [0.1, 0.15) is 24.0 Å². The van der Waals surface area contributed by atoms with Crippen LogP contribution < -0.4 is 10.6 Å². The van der Waals surface area contributed by atoms with Gasteiger partial charge in [-0.05, 0) is 56.5 Å². The zero-order chi connectivity index (χ0) is 12.5. The second-order valence-electron chi connectivity index (χ2n) is 5.62. The Balaban J connectivity index is 1.68. The number of likely N-dealkylation sites (tertiary alicyclic amines) is 1. The quantitative estimate of drug-likeness (QED) is 0.827. The minimum Gasteiger partial charge on any atom is -0.398 e. The number of nitrogens with zero attached hydrogens (tertiary/aromatic N) is 2. The van der Waals surface area contributed by atoms with Crippen LogP contribution in [0.15, 0.2) is 12.1 Å². The van der Waals surface area contributed by atoms with Gasteiger partial charge in [0.25, 0.3) is 0 Å². The fourth-order valence-corrected chi connectivity index (χ4v) is 3.14. The van der Waals surface area contributed by atoms with E-state index in [1.54, 1.807) is 0 Å². The molecule has 2 aliphatic heterocycles. The maximum Gasteiger partial charge on any atom is 0.0420 e. The molecule has 0 atom stereocenters. The van der Waals surface area contributed by atoms with Gasteiger partial charge in [-0.15, -0.1) is 0 Å². The van der Waals surface area contributed by atoms with E-state index in [9.17, 15) is 0 Å². The highest BCUT2D eigenvalue weighted by Gasteiger charge is 2.21. The largest absolute Gasteiger partial charge is 0.398 e. The van der Waals surface area contributed by atoms with Gasteiger partial charge in [-0.3, -0.25) is 0 Å². The Hall–Kier alpha value is -1.22. The number of nitrogen functional groups attached to an aromatic ring is 1. The Morgan fingerprint density at radius 2 is 1.89 bits per heavy atom. The van der Waals surface area contributed by atoms with Crippen LogP contribution >= 0.6 is 0 Å². The first-order valence-corrected chi connectivity index (χ1v) is 7.10. The van der Waals surface area contributed by atoms with E-state index in [1.807, 2.05) is 0 Å². The third-order valence-corrected chi connectivity index (χ3v) is 4.34. The van der Waals surface area contributed by atoms with E-state index in [1.165, 1.54) is 55.7 Å². The first-order valence-electron chi connectivity index (χ1n) is 7.10. The topological polar surface area (TPSA) is 32.5 Å². The fourth-order valence-electron chi connectivity index (χ4n) is 3.14. The summed E-state index contributed by atoms with van der Waals surface area (Å²) < 4.78 is 0. The summed E-state index contributed by atoms with van der Waals surface area (Å²) in [6.07, 6.45) is 3.93. The van der Waals surface area contributed by atoms with Crippen LogP contribution in [0.25, 0.3) is 0 Å². The molecule has 1 aromatic rings. The SMILES string of the molecule is Cc1cc2c(cc1N)N(CCN1CCCC1)CC2. The van der Waals surface area contributed by atoms with Gasteiger partial charge >= 0.3 is 0 Å². The van der Waals surface area contributed by atoms with Crippen molar-refractivity contribution in [2.45, 2.75) is 26.2 Å². The Morgan fingerprint density at radius 1 is 1.11 bits per heavy atom. The standard InChI is InChI=1S/C15H23N3/c1-12-10-13-4-7-18(15(13)11-14(12)16)9-8-17-5-2-3-6-17/h10-11H,2-9,16H2,1H3. The number of hydrogen-bond donors (Lipinski definition) is 1. The highest BCUT2D eigenvalue weighted by atomic mass is 15.2. The van der Waals surface area contributed by atoms with Gasteiger partial charge in [0, 0.05) is 31.0 Å². The maximum absolute atomic E-state index is 6.04. The molecule has 18 heavy (non-hydrogen) atoms. The third kappa shape index (κ3) is 2.19. The molecule has 2 aliphatic rings. The van der Waals surface area contributed by atoms with E-state index in [0.717, 1.165) is 18.8 Å². The molecule has 3 nitrogen and oxygen atoms in total. The number of aryl methyl sites for hydroxylation is 1. The number of fused-ring (bicyclic) bond motifs is 1. The van der Waals surface area contributed by atoms with Crippen molar-refractivity contribution in [3.8, 4) is 0 Å². The van der Waals surface area contributed by atoms with E-state index in [4.69, 9.17) is 5.73 Å². The first kappa shape index (κ1) is 11.8. The van der Waals surface area contributed by atoms with Gasteiger partial charge < -0.3 is 15.5 Å². The number of benzene rings is 1. The van der Waals surface area contributed by atoms with Crippen LogP contribution in [0.3, 0.4) is 0 Å². The zero-order valence-corrected chi connectivity index (χ0v) is 11.3. The van der Waals surface area contributed by atoms with Crippen molar-refractivity contribution in [2.24, 2.45) is 0 Å². The Bertz CT molecular complexity index is 436. The van der Waals surface area contributed by atoms with Gasteiger partial charge in [-0.1, -0.05) is 6.07 Å². The highest BCUT2D eigenvalue weighted by Crippen LogP contribution is 2.31. The van der Waals surface area contributed by atoms with Crippen LogP contribution in [-0.2, 0) is 6.42 Å². The molecule has 3 rings (SSSR count). The predicted molar refractivity (Wildman–Crippen MR) is 77.2 cm³/mol. The van der Waals surface area contributed by atoms with Gasteiger partial charge in [0.05, 0.1) is 0 Å². The van der Waals surface area contributed by atoms with Crippen molar-refractivity contribution in [3.05, 3.63) is 23.3 Å². The molecule has 0 spiro atoms. The number of anilines is 2. The summed E-state index contributed by atoms with van der Waals surface area (Å²) in [6.45, 7) is 8.19. The lowest BCUT2D eigenvalue weighted by molar-refractivity contribution is 0.345. The molecule has 0 aromatic heterocycles. The predicted octanol–water partition coefficient (Wildman–Crippen LogP) is 2.04. The summed E-state index contributed by atoms with van der Waals surface area (Å²) in [7, 11) is 0. The lowest BCUT2D eigenvalue weighted by Crippen LogP contribution is -2.32. The summed E-state index contributed by atoms with van der Waals surface area (Å²) in [6, 6.07) is 4.43. The molecular weight excluding hydrogens is 222 g/mol. The van der Waals surface area contributed by atoms with E-state index < -0.39 is 0 Å². The summed E-state index contributed by atoms with van der Waals surface area (Å²) in [5.74, 6) is 0. The summed E-state index contributed by atoms with van der Waals surface area (Å²) in [5.41, 5.74) is 11.0. The normalized spacial score (nSPS) is 19.5. The molecule has 0 radical (unpaired) electrons. The Kier molecular flexibility index (Phi) is 3.16. The molecule has 1 aromatic carbocycles. The zero-order valence-electron chi connectivity index (χ0n) is 11.3. The van der Waals surface area contributed by atoms with Crippen LogP contribution in [0, 0.1) is 6.92 Å². The van der Waals surface area contributed by atoms with Crippen LogP contribution in [0.4, 0.5) is 11.4 Å². The summed E-state index contributed by atoms with van der Waals surface area (Å²) >= 11 is 0. The van der Waals surface area contributed by atoms with Crippen molar-refractivity contribution in [1.82, 2.24) is 4.90 Å². The maximum atomic E-state index is 6.04. The van der Waals surface area contributed by atoms with Crippen molar-refractivity contribution in [3.63, 3.8) is 0 Å². The van der Waals surface area contributed by atoms with Gasteiger partial charge in [-0.25, -0.2) is 0 Å². The Morgan fingerprint density at radius 3 is 2.67 bits per heavy atom. The fraction of sp³-hybridized carbons (Fsp3) is 0.600. The smallest absolute Gasteiger partial charge is 0.0420 e. The third-order valence-electron chi connectivity index (χ3n) is 4.34. The van der Waals surface area contributed by atoms with E-state index in [2.05, 4.69) is 28.9 Å². The summed E-state index contributed by atoms with van der Waals surface area (Å²) in [5, 5.41) is 0. The molecule has 0 amide bonds. The molecule has 1 saturated heterocycles. The minimum absolute atomic E-state index is 0.932. The van der Waals surface area contributed by atoms with Crippen LogP contribution in [0.2, 0.25) is 0 Å². The number of nitrogens with two attached hydrogens (primary N) is 1. The van der Waals surface area contributed by atoms with Crippen LogP contribution in [-0.4, -0.2) is 37.6 Å². The highest BCUT2D eigenvalue weighted by molar-refractivity contribution is 5.67. The van der Waals surface area contributed by atoms with Gasteiger partial charge in [-0.2, -0.15) is 0 Å². The monoisotopic (exact) mass is 245 g/mol. The average Bonchev–Trinajstić information content (AvgIpc) is 2.97. The van der Waals surface area contributed by atoms with Crippen molar-refractivity contribution >= 4 is 11.4 Å². The lowest BCUT2D eigenvalue weighted by Gasteiger charge is -2.23. The van der Waals surface area contributed by atoms with Crippen molar-refractivity contribution in [1.29, 1.82) is 0 Å². The molecule has 2 heterocycles. The second-order valence-corrected chi connectivity index (χ2v) is 5.62. The lowest BCUT2D eigenvalue weighted by atomic mass is 10.1. The second kappa shape index (κ2) is 4.81. The van der Waals surface area contributed by atoms with Gasteiger partial charge in [0.1, 0.15) is 0 Å². The van der Waals surface area contributed by atoms with Crippen molar-refractivity contribution < 1.29 is 0 Å². The first-order chi connectivity index (χ1) is 8.74. The molecule has 1 fully saturated rings. The van der Waals surface area contributed by atoms with Crippen LogP contribution in [0.5, 0.6) is 0 Å². The molecular formula is C15H23N3. The molecule has 0 bridgehead atoms. The molecule has 0 aliphatic carbocycles. The minimum atomic E-state index is 0.932. The van der Waals surface area contributed by atoms with Crippen molar-refractivity contribution in [2.75, 3.05) is 43.4 Å². The van der Waals surface area contributed by atoms with E-state index in [0.29, 0.717) is 0 Å². The van der Waals surface area contributed by atoms with Gasteiger partial charge in [0.15, 0.2) is 0 Å². The average molecular weight is 245 g/mol. The molecule has 98 valence electrons. The van der Waals surface area contributed by atoms with Gasteiger partial charge in [0.2, 0.25) is 0 Å². The van der Waals surface area contributed by atoms with E-state index in [-0.39, 0.29) is 0 Å². The molecule has 2 N–H and O–H groups in total. The molecule has 0 saturated carbocycles.